The van der Waals surface area contributed by atoms with Crippen LogP contribution in [0, 0.1) is 5.41 Å². The number of ether oxygens (including phenoxy) is 2. The molecule has 0 unspecified atom stereocenters. The van der Waals surface area contributed by atoms with Gasteiger partial charge in [-0.2, -0.15) is 0 Å². The molecule has 150 valence electrons. The highest BCUT2D eigenvalue weighted by molar-refractivity contribution is 6.03. The Kier molecular flexibility index (Phi) is 4.78. The summed E-state index contributed by atoms with van der Waals surface area (Å²) in [5.74, 6) is 2.14. The number of carbonyl (C=O) groups is 1. The van der Waals surface area contributed by atoms with E-state index in [1.807, 2.05) is 53.2 Å². The van der Waals surface area contributed by atoms with Crippen LogP contribution in [0.2, 0.25) is 0 Å². The largest absolute Gasteiger partial charge is 0.497 e. The first-order valence-electron chi connectivity index (χ1n) is 9.61. The Labute approximate surface area is 170 Å². The van der Waals surface area contributed by atoms with Gasteiger partial charge < -0.3 is 14.8 Å². The first-order valence-corrected chi connectivity index (χ1v) is 9.61. The van der Waals surface area contributed by atoms with Gasteiger partial charge in [-0.3, -0.25) is 4.79 Å². The molecule has 0 saturated carbocycles. The molecule has 4 rings (SSSR count). The smallest absolute Gasteiger partial charge is 0.169 e. The van der Waals surface area contributed by atoms with Gasteiger partial charge in [0.1, 0.15) is 11.5 Å². The second-order valence-corrected chi connectivity index (χ2v) is 8.05. The molecule has 0 spiro atoms. The van der Waals surface area contributed by atoms with Crippen molar-refractivity contribution in [3.05, 3.63) is 59.8 Å². The summed E-state index contributed by atoms with van der Waals surface area (Å²) in [7, 11) is 3.26. The number of hydrogen-bond donors (Lipinski definition) is 1. The van der Waals surface area contributed by atoms with E-state index in [4.69, 9.17) is 14.6 Å². The number of carbonyl (C=O) groups excluding carboxylic acids is 1. The predicted octanol–water partition coefficient (Wildman–Crippen LogP) is 4.79. The lowest BCUT2D eigenvalue weighted by molar-refractivity contribution is 0.0912. The van der Waals surface area contributed by atoms with Crippen LogP contribution < -0.4 is 14.8 Å². The topological polar surface area (TPSA) is 65.4 Å². The van der Waals surface area contributed by atoms with Gasteiger partial charge >= 0.3 is 0 Å². The highest BCUT2D eigenvalue weighted by Crippen LogP contribution is 2.40. The van der Waals surface area contributed by atoms with Gasteiger partial charge in [0, 0.05) is 6.42 Å². The molecule has 0 fully saturated rings. The molecule has 0 amide bonds. The normalized spacial score (nSPS) is 15.0. The molecule has 6 nitrogen and oxygen atoms in total. The van der Waals surface area contributed by atoms with E-state index in [0.29, 0.717) is 23.6 Å². The molecule has 1 aliphatic carbocycles. The summed E-state index contributed by atoms with van der Waals surface area (Å²) in [5.41, 5.74) is 3.13. The monoisotopic (exact) mass is 391 g/mol. The number of rotatable bonds is 5. The minimum absolute atomic E-state index is 0.105. The lowest BCUT2D eigenvalue weighted by atomic mass is 9.76. The lowest BCUT2D eigenvalue weighted by Crippen LogP contribution is -2.28. The van der Waals surface area contributed by atoms with Crippen molar-refractivity contribution in [3.63, 3.8) is 0 Å². The van der Waals surface area contributed by atoms with Gasteiger partial charge in [-0.1, -0.05) is 26.0 Å². The SMILES string of the molecule is COc1ccc(-n2nc(Nc3ccccc3OC)c3c2CC(C)(C)CC3=O)cc1. The Balaban J connectivity index is 1.84. The van der Waals surface area contributed by atoms with E-state index in [2.05, 4.69) is 19.2 Å². The third-order valence-electron chi connectivity index (χ3n) is 5.22. The summed E-state index contributed by atoms with van der Waals surface area (Å²) in [6.45, 7) is 4.24. The lowest BCUT2D eigenvalue weighted by Gasteiger charge is -2.29. The highest BCUT2D eigenvalue weighted by Gasteiger charge is 2.37. The van der Waals surface area contributed by atoms with Crippen molar-refractivity contribution in [2.75, 3.05) is 19.5 Å². The van der Waals surface area contributed by atoms with Gasteiger partial charge in [-0.15, -0.1) is 5.10 Å². The quantitative estimate of drug-likeness (QED) is 0.677. The first-order chi connectivity index (χ1) is 13.9. The van der Waals surface area contributed by atoms with Crippen LogP contribution in [0.25, 0.3) is 5.69 Å². The van der Waals surface area contributed by atoms with Crippen LogP contribution in [-0.2, 0) is 6.42 Å². The van der Waals surface area contributed by atoms with E-state index in [1.54, 1.807) is 14.2 Å². The van der Waals surface area contributed by atoms with Crippen molar-refractivity contribution >= 4 is 17.3 Å². The molecular formula is C23H25N3O3. The van der Waals surface area contributed by atoms with E-state index < -0.39 is 0 Å². The van der Waals surface area contributed by atoms with Crippen molar-refractivity contribution in [2.45, 2.75) is 26.7 Å². The van der Waals surface area contributed by atoms with E-state index >= 15 is 0 Å². The molecular weight excluding hydrogens is 366 g/mol. The number of methoxy groups -OCH3 is 2. The fraction of sp³-hybridized carbons (Fsp3) is 0.304. The molecule has 3 aromatic rings. The summed E-state index contributed by atoms with van der Waals surface area (Å²) in [4.78, 5) is 13.1. The number of aromatic nitrogens is 2. The minimum atomic E-state index is -0.115. The summed E-state index contributed by atoms with van der Waals surface area (Å²) in [5, 5.41) is 8.11. The van der Waals surface area contributed by atoms with Crippen LogP contribution in [0.4, 0.5) is 11.5 Å². The highest BCUT2D eigenvalue weighted by atomic mass is 16.5. The molecule has 6 heteroatoms. The summed E-state index contributed by atoms with van der Waals surface area (Å²) in [6.07, 6.45) is 1.26. The number of hydrogen-bond acceptors (Lipinski definition) is 5. The predicted molar refractivity (Wildman–Crippen MR) is 113 cm³/mol. The fourth-order valence-corrected chi connectivity index (χ4v) is 3.85. The van der Waals surface area contributed by atoms with Crippen LogP contribution >= 0.6 is 0 Å². The molecule has 1 heterocycles. The first kappa shape index (κ1) is 19.1. The van der Waals surface area contributed by atoms with Crippen LogP contribution in [0.5, 0.6) is 11.5 Å². The number of nitrogens with zero attached hydrogens (tertiary/aromatic N) is 2. The number of benzene rings is 2. The maximum absolute atomic E-state index is 13.1. The Morgan fingerprint density at radius 3 is 2.41 bits per heavy atom. The van der Waals surface area contributed by atoms with E-state index in [9.17, 15) is 4.79 Å². The van der Waals surface area contributed by atoms with Gasteiger partial charge in [-0.05, 0) is 48.2 Å². The standard InChI is InChI=1S/C23H25N3O3/c1-23(2)13-18-21(19(27)14-23)22(24-17-7-5-6-8-20(17)29-4)25-26(18)15-9-11-16(28-3)12-10-15/h5-12H,13-14H2,1-4H3,(H,24,25). The van der Waals surface area contributed by atoms with E-state index in [-0.39, 0.29) is 11.2 Å². The van der Waals surface area contributed by atoms with Gasteiger partial charge in [0.2, 0.25) is 0 Å². The van der Waals surface area contributed by atoms with Crippen molar-refractivity contribution in [3.8, 4) is 17.2 Å². The molecule has 2 aromatic carbocycles. The summed E-state index contributed by atoms with van der Waals surface area (Å²) >= 11 is 0. The molecule has 0 atom stereocenters. The summed E-state index contributed by atoms with van der Waals surface area (Å²) < 4.78 is 12.6. The molecule has 1 aromatic heterocycles. The fourth-order valence-electron chi connectivity index (χ4n) is 3.85. The Morgan fingerprint density at radius 1 is 1.00 bits per heavy atom. The zero-order valence-electron chi connectivity index (χ0n) is 17.2. The molecule has 1 N–H and O–H groups in total. The van der Waals surface area contributed by atoms with Gasteiger partial charge in [0.05, 0.1) is 36.9 Å². The maximum Gasteiger partial charge on any atom is 0.169 e. The second-order valence-electron chi connectivity index (χ2n) is 8.05. The Hall–Kier alpha value is -3.28. The zero-order chi connectivity index (χ0) is 20.6. The van der Waals surface area contributed by atoms with Gasteiger partial charge in [-0.25, -0.2) is 4.68 Å². The minimum Gasteiger partial charge on any atom is -0.497 e. The molecule has 0 radical (unpaired) electrons. The number of Topliss-reactive ketones (excluding diaryl/α,β-unsaturated/α-hetero) is 1. The second kappa shape index (κ2) is 7.28. The van der Waals surface area contributed by atoms with Crippen LogP contribution in [0.1, 0.15) is 36.3 Å². The van der Waals surface area contributed by atoms with E-state index in [1.165, 1.54) is 0 Å². The molecule has 0 saturated heterocycles. The molecule has 0 aliphatic heterocycles. The number of para-hydroxylation sites is 2. The third-order valence-corrected chi connectivity index (χ3v) is 5.22. The van der Waals surface area contributed by atoms with Crippen molar-refractivity contribution in [2.24, 2.45) is 5.41 Å². The van der Waals surface area contributed by atoms with Gasteiger partial charge in [0.15, 0.2) is 11.6 Å². The van der Waals surface area contributed by atoms with Crippen molar-refractivity contribution in [1.82, 2.24) is 9.78 Å². The Morgan fingerprint density at radius 2 is 1.72 bits per heavy atom. The van der Waals surface area contributed by atoms with Crippen molar-refractivity contribution in [1.29, 1.82) is 0 Å². The number of nitrogens with one attached hydrogen (secondary N) is 1. The molecule has 0 bridgehead atoms. The maximum atomic E-state index is 13.1. The summed E-state index contributed by atoms with van der Waals surface area (Å²) in [6, 6.07) is 15.3. The average molecular weight is 391 g/mol. The Bertz CT molecular complexity index is 1050. The van der Waals surface area contributed by atoms with Crippen LogP contribution in [0.15, 0.2) is 48.5 Å². The average Bonchev–Trinajstić information content (AvgIpc) is 3.05. The molecule has 1 aliphatic rings. The number of anilines is 2. The van der Waals surface area contributed by atoms with Crippen molar-refractivity contribution < 1.29 is 14.3 Å². The third kappa shape index (κ3) is 3.58. The molecule has 29 heavy (non-hydrogen) atoms. The number of fused-ring (bicyclic) bond motifs is 1. The van der Waals surface area contributed by atoms with Crippen LogP contribution in [0.3, 0.4) is 0 Å². The zero-order valence-corrected chi connectivity index (χ0v) is 17.2. The van der Waals surface area contributed by atoms with E-state index in [0.717, 1.165) is 29.2 Å². The number of ketones is 1. The van der Waals surface area contributed by atoms with Gasteiger partial charge in [0.25, 0.3) is 0 Å². The van der Waals surface area contributed by atoms with Crippen LogP contribution in [-0.4, -0.2) is 29.8 Å².